The van der Waals surface area contributed by atoms with Crippen molar-refractivity contribution in [1.29, 1.82) is 0 Å². The number of carboxylic acid groups (broad SMARTS) is 1. The maximum atomic E-state index is 13.8. The van der Waals surface area contributed by atoms with Crippen LogP contribution in [0.15, 0.2) is 66.7 Å². The van der Waals surface area contributed by atoms with Crippen LogP contribution in [0.3, 0.4) is 0 Å². The number of ether oxygens (including phenoxy) is 1. The first-order chi connectivity index (χ1) is 16.4. The largest absolute Gasteiger partial charge is 0.482 e. The highest BCUT2D eigenvalue weighted by Gasteiger charge is 2.48. The maximum absolute atomic E-state index is 13.8. The number of hydrogen-bond acceptors (Lipinski definition) is 3. The molecular weight excluding hydrogens is 457 g/mol. The monoisotopic (exact) mass is 479 g/mol. The summed E-state index contributed by atoms with van der Waals surface area (Å²) in [5.74, 6) is -1.09. The highest BCUT2D eigenvalue weighted by Crippen LogP contribution is 2.51. The minimum Gasteiger partial charge on any atom is -0.482 e. The van der Waals surface area contributed by atoms with Gasteiger partial charge in [0.25, 0.3) is 0 Å². The minimum absolute atomic E-state index is 0.0259. The fourth-order valence-electron chi connectivity index (χ4n) is 4.90. The number of carbonyl (C=O) groups is 2. The van der Waals surface area contributed by atoms with Gasteiger partial charge in [-0.3, -0.25) is 4.79 Å². The van der Waals surface area contributed by atoms with E-state index < -0.39 is 18.6 Å². The molecule has 34 heavy (non-hydrogen) atoms. The molecule has 1 aliphatic heterocycles. The van der Waals surface area contributed by atoms with Gasteiger partial charge in [-0.1, -0.05) is 48.0 Å². The fourth-order valence-corrected chi connectivity index (χ4v) is 5.08. The summed E-state index contributed by atoms with van der Waals surface area (Å²) >= 11 is 6.34. The summed E-state index contributed by atoms with van der Waals surface area (Å²) in [4.78, 5) is 26.8. The van der Waals surface area contributed by atoms with E-state index in [1.165, 1.54) is 12.1 Å². The Kier molecular flexibility index (Phi) is 6.00. The molecule has 0 saturated heterocycles. The number of rotatable bonds is 6. The molecule has 0 radical (unpaired) electrons. The molecule has 0 bridgehead atoms. The Morgan fingerprint density at radius 2 is 1.82 bits per heavy atom. The summed E-state index contributed by atoms with van der Waals surface area (Å²) < 4.78 is 18.9. The van der Waals surface area contributed by atoms with Gasteiger partial charge in [0, 0.05) is 23.0 Å². The normalized spacial score (nSPS) is 21.0. The molecule has 0 aromatic heterocycles. The van der Waals surface area contributed by atoms with Crippen LogP contribution in [0.2, 0.25) is 5.02 Å². The second-order valence-corrected chi connectivity index (χ2v) is 9.18. The van der Waals surface area contributed by atoms with E-state index in [1.807, 2.05) is 29.2 Å². The van der Waals surface area contributed by atoms with Crippen LogP contribution in [-0.2, 0) is 16.0 Å². The van der Waals surface area contributed by atoms with E-state index in [0.29, 0.717) is 29.3 Å². The van der Waals surface area contributed by atoms with E-state index in [2.05, 4.69) is 0 Å². The smallest absolute Gasteiger partial charge is 0.341 e. The molecule has 3 aromatic carbocycles. The maximum Gasteiger partial charge on any atom is 0.341 e. The van der Waals surface area contributed by atoms with Crippen molar-refractivity contribution in [3.63, 3.8) is 0 Å². The zero-order valence-electron chi connectivity index (χ0n) is 18.3. The topological polar surface area (TPSA) is 66.8 Å². The molecule has 3 aromatic rings. The van der Waals surface area contributed by atoms with Crippen molar-refractivity contribution in [1.82, 2.24) is 4.90 Å². The number of halogens is 2. The quantitative estimate of drug-likeness (QED) is 0.526. The van der Waals surface area contributed by atoms with Crippen molar-refractivity contribution in [2.24, 2.45) is 5.92 Å². The number of carboxylic acids is 1. The number of hydrogen-bond donors (Lipinski definition) is 1. The molecule has 1 saturated carbocycles. The van der Waals surface area contributed by atoms with Gasteiger partial charge in [0.05, 0.1) is 6.04 Å². The van der Waals surface area contributed by atoms with Crippen molar-refractivity contribution in [3.8, 4) is 5.75 Å². The van der Waals surface area contributed by atoms with E-state index in [1.54, 1.807) is 30.3 Å². The number of benzene rings is 3. The van der Waals surface area contributed by atoms with Crippen LogP contribution in [0.4, 0.5) is 4.39 Å². The average Bonchev–Trinajstić information content (AvgIpc) is 3.63. The van der Waals surface area contributed by atoms with Crippen LogP contribution < -0.4 is 4.74 Å². The van der Waals surface area contributed by atoms with Crippen LogP contribution >= 0.6 is 11.6 Å². The SMILES string of the molecule is O=C(O)COc1ccc(Cl)cc1[C@@H]1c2ccccc2CCN1C(=O)C1CC1c1ccc(F)cc1. The Hall–Kier alpha value is -3.38. The van der Waals surface area contributed by atoms with Gasteiger partial charge in [-0.2, -0.15) is 0 Å². The number of nitrogens with zero attached hydrogens (tertiary/aromatic N) is 1. The van der Waals surface area contributed by atoms with Crippen LogP contribution in [0.25, 0.3) is 0 Å². The predicted molar refractivity (Wildman–Crippen MR) is 126 cm³/mol. The summed E-state index contributed by atoms with van der Waals surface area (Å²) in [6.07, 6.45) is 1.44. The minimum atomic E-state index is -1.09. The highest BCUT2D eigenvalue weighted by atomic mass is 35.5. The third-order valence-corrected chi connectivity index (χ3v) is 6.82. The van der Waals surface area contributed by atoms with Gasteiger partial charge in [0.1, 0.15) is 11.6 Å². The van der Waals surface area contributed by atoms with Crippen molar-refractivity contribution in [2.45, 2.75) is 24.8 Å². The summed E-state index contributed by atoms with van der Waals surface area (Å²) in [6, 6.07) is 18.9. The van der Waals surface area contributed by atoms with Gasteiger partial charge in [-0.25, -0.2) is 9.18 Å². The van der Waals surface area contributed by atoms with E-state index in [-0.39, 0.29) is 23.6 Å². The first kappa shape index (κ1) is 22.4. The van der Waals surface area contributed by atoms with E-state index in [4.69, 9.17) is 21.4 Å². The molecule has 2 unspecified atom stereocenters. The molecule has 174 valence electrons. The average molecular weight is 480 g/mol. The Balaban J connectivity index is 1.51. The first-order valence-corrected chi connectivity index (χ1v) is 11.6. The Bertz CT molecular complexity index is 1250. The highest BCUT2D eigenvalue weighted by molar-refractivity contribution is 6.30. The molecule has 5 nitrogen and oxygen atoms in total. The zero-order valence-corrected chi connectivity index (χ0v) is 19.0. The summed E-state index contributed by atoms with van der Waals surface area (Å²) in [5.41, 5.74) is 3.73. The second kappa shape index (κ2) is 9.11. The Labute approximate surface area is 201 Å². The molecule has 1 amide bonds. The molecule has 1 N–H and O–H groups in total. The lowest BCUT2D eigenvalue weighted by molar-refractivity contribution is -0.139. The van der Waals surface area contributed by atoms with Gasteiger partial charge in [-0.05, 0) is 65.8 Å². The third kappa shape index (κ3) is 4.38. The van der Waals surface area contributed by atoms with Crippen LogP contribution in [0, 0.1) is 11.7 Å². The first-order valence-electron chi connectivity index (χ1n) is 11.2. The standard InChI is InChI=1S/C27H23ClFNO4/c28-18-7-10-24(34-15-25(31)32)23(13-18)26-20-4-2-1-3-16(20)11-12-30(26)27(33)22-14-21(22)17-5-8-19(29)9-6-17/h1-10,13,21-22,26H,11-12,14-15H2,(H,31,32)/t21?,22?,26-/m0/s1. The Morgan fingerprint density at radius 3 is 2.59 bits per heavy atom. The van der Waals surface area contributed by atoms with Crippen molar-refractivity contribution in [2.75, 3.05) is 13.2 Å². The van der Waals surface area contributed by atoms with Crippen molar-refractivity contribution in [3.05, 3.63) is 99.8 Å². The third-order valence-electron chi connectivity index (χ3n) is 6.59. The molecule has 1 heterocycles. The van der Waals surface area contributed by atoms with Gasteiger partial charge in [0.2, 0.25) is 5.91 Å². The van der Waals surface area contributed by atoms with Gasteiger partial charge in [0.15, 0.2) is 6.61 Å². The number of carbonyl (C=O) groups excluding carboxylic acids is 1. The summed E-state index contributed by atoms with van der Waals surface area (Å²) in [6.45, 7) is 0.0320. The lowest BCUT2D eigenvalue weighted by Gasteiger charge is -2.38. The van der Waals surface area contributed by atoms with Crippen LogP contribution in [0.5, 0.6) is 5.75 Å². The molecule has 5 rings (SSSR count). The van der Waals surface area contributed by atoms with E-state index in [9.17, 15) is 14.0 Å². The zero-order chi connectivity index (χ0) is 23.8. The lowest BCUT2D eigenvalue weighted by atomic mass is 9.87. The van der Waals surface area contributed by atoms with E-state index in [0.717, 1.165) is 23.1 Å². The van der Waals surface area contributed by atoms with Gasteiger partial charge in [-0.15, -0.1) is 0 Å². The van der Waals surface area contributed by atoms with Gasteiger partial charge < -0.3 is 14.7 Å². The van der Waals surface area contributed by atoms with E-state index >= 15 is 0 Å². The molecule has 7 heteroatoms. The summed E-state index contributed by atoms with van der Waals surface area (Å²) in [7, 11) is 0. The molecule has 1 aliphatic carbocycles. The van der Waals surface area contributed by atoms with Crippen molar-refractivity contribution < 1.29 is 23.8 Å². The van der Waals surface area contributed by atoms with Gasteiger partial charge >= 0.3 is 5.97 Å². The predicted octanol–water partition coefficient (Wildman–Crippen LogP) is 5.22. The molecule has 2 aliphatic rings. The number of amides is 1. The summed E-state index contributed by atoms with van der Waals surface area (Å²) in [5, 5.41) is 9.60. The molecule has 3 atom stereocenters. The van der Waals surface area contributed by atoms with Crippen molar-refractivity contribution >= 4 is 23.5 Å². The van der Waals surface area contributed by atoms with Crippen LogP contribution in [-0.4, -0.2) is 35.0 Å². The fraction of sp³-hybridized carbons (Fsp3) is 0.259. The lowest BCUT2D eigenvalue weighted by Crippen LogP contribution is -2.41. The molecule has 1 fully saturated rings. The Morgan fingerprint density at radius 1 is 1.06 bits per heavy atom. The second-order valence-electron chi connectivity index (χ2n) is 8.75. The molecular formula is C27H23ClFNO4. The number of fused-ring (bicyclic) bond motifs is 1. The number of aliphatic carboxylic acids is 1. The van der Waals surface area contributed by atoms with Crippen LogP contribution in [0.1, 0.15) is 40.6 Å². The molecule has 0 spiro atoms.